The van der Waals surface area contributed by atoms with Gasteiger partial charge >= 0.3 is 0 Å². The van der Waals surface area contributed by atoms with Crippen LogP contribution in [0, 0.1) is 0 Å². The smallest absolute Gasteiger partial charge is 0.227 e. The molecule has 0 saturated carbocycles. The zero-order valence-corrected chi connectivity index (χ0v) is 16.2. The summed E-state index contributed by atoms with van der Waals surface area (Å²) >= 11 is 7.58. The maximum atomic E-state index is 12.4. The highest BCUT2D eigenvalue weighted by Gasteiger charge is 2.23. The van der Waals surface area contributed by atoms with Gasteiger partial charge in [0, 0.05) is 36.1 Å². The summed E-state index contributed by atoms with van der Waals surface area (Å²) in [5.74, 6) is 0.971. The summed E-state index contributed by atoms with van der Waals surface area (Å²) in [5, 5.41) is 14.7. The van der Waals surface area contributed by atoms with Crippen molar-refractivity contribution in [3.05, 3.63) is 57.5 Å². The molecule has 0 N–H and O–H groups in total. The van der Waals surface area contributed by atoms with E-state index in [1.807, 2.05) is 46.7 Å². The maximum Gasteiger partial charge on any atom is 0.227 e. The Morgan fingerprint density at radius 1 is 1.11 bits per heavy atom. The first kappa shape index (κ1) is 18.1. The van der Waals surface area contributed by atoms with Crippen LogP contribution in [0.5, 0.6) is 0 Å². The molecule has 4 rings (SSSR count). The number of halogens is 1. The van der Waals surface area contributed by atoms with E-state index in [1.54, 1.807) is 16.0 Å². The predicted octanol–water partition coefficient (Wildman–Crippen LogP) is 2.26. The number of tetrazole rings is 1. The van der Waals surface area contributed by atoms with Crippen LogP contribution in [0.4, 0.5) is 0 Å². The molecule has 2 aromatic heterocycles. The fourth-order valence-electron chi connectivity index (χ4n) is 3.12. The summed E-state index contributed by atoms with van der Waals surface area (Å²) in [5.41, 5.74) is 0.879. The van der Waals surface area contributed by atoms with E-state index in [0.29, 0.717) is 18.0 Å². The van der Waals surface area contributed by atoms with Crippen molar-refractivity contribution in [3.63, 3.8) is 0 Å². The average molecular weight is 403 g/mol. The quantitative estimate of drug-likeness (QED) is 0.654. The van der Waals surface area contributed by atoms with Crippen LogP contribution in [0.3, 0.4) is 0 Å². The zero-order chi connectivity index (χ0) is 18.6. The lowest BCUT2D eigenvalue weighted by molar-refractivity contribution is -0.132. The van der Waals surface area contributed by atoms with E-state index in [-0.39, 0.29) is 5.91 Å². The van der Waals surface area contributed by atoms with Gasteiger partial charge in [-0.2, -0.15) is 4.68 Å². The Balaban J connectivity index is 1.34. The minimum absolute atomic E-state index is 0.197. The molecule has 1 saturated heterocycles. The molecule has 1 aliphatic heterocycles. The lowest BCUT2D eigenvalue weighted by Gasteiger charge is -2.34. The molecule has 0 bridgehead atoms. The Labute approximate surface area is 166 Å². The normalized spacial score (nSPS) is 15.2. The first-order chi connectivity index (χ1) is 13.2. The molecule has 0 unspecified atom stereocenters. The van der Waals surface area contributed by atoms with Crippen molar-refractivity contribution in [3.8, 4) is 5.69 Å². The number of nitrogens with zero attached hydrogens (tertiary/aromatic N) is 6. The standard InChI is InChI=1S/C18H19ClN6OS/c19-14-3-5-15(6-4-14)25-17(20-21-22-25)13-23-7-9-24(10-8-23)18(26)12-16-2-1-11-27-16/h1-6,11H,7-10,12-13H2. The van der Waals surface area contributed by atoms with Gasteiger partial charge in [0.25, 0.3) is 0 Å². The van der Waals surface area contributed by atoms with Gasteiger partial charge in [0.05, 0.1) is 18.7 Å². The predicted molar refractivity (Wildman–Crippen MR) is 104 cm³/mol. The number of piperazine rings is 1. The Morgan fingerprint density at radius 2 is 1.89 bits per heavy atom. The minimum Gasteiger partial charge on any atom is -0.340 e. The number of carbonyl (C=O) groups is 1. The maximum absolute atomic E-state index is 12.4. The first-order valence-corrected chi connectivity index (χ1v) is 10.0. The SMILES string of the molecule is O=C(Cc1cccs1)N1CCN(Cc2nnnn2-c2ccc(Cl)cc2)CC1. The van der Waals surface area contributed by atoms with Crippen molar-refractivity contribution in [2.45, 2.75) is 13.0 Å². The van der Waals surface area contributed by atoms with Crippen LogP contribution >= 0.6 is 22.9 Å². The topological polar surface area (TPSA) is 67.2 Å². The number of thiophene rings is 1. The summed E-state index contributed by atoms with van der Waals surface area (Å²) in [6.45, 7) is 3.72. The number of amides is 1. The number of rotatable bonds is 5. The van der Waals surface area contributed by atoms with Gasteiger partial charge in [-0.15, -0.1) is 16.4 Å². The molecule has 0 spiro atoms. The number of hydrogen-bond acceptors (Lipinski definition) is 6. The Morgan fingerprint density at radius 3 is 2.59 bits per heavy atom. The van der Waals surface area contributed by atoms with Crippen LogP contribution in [0.2, 0.25) is 5.02 Å². The third kappa shape index (κ3) is 4.35. The van der Waals surface area contributed by atoms with Crippen LogP contribution in [-0.4, -0.2) is 62.1 Å². The molecule has 1 amide bonds. The van der Waals surface area contributed by atoms with Crippen LogP contribution in [0.1, 0.15) is 10.7 Å². The highest BCUT2D eigenvalue weighted by atomic mass is 35.5. The molecular weight excluding hydrogens is 384 g/mol. The number of aromatic nitrogens is 4. The fraction of sp³-hybridized carbons (Fsp3) is 0.333. The van der Waals surface area contributed by atoms with Crippen molar-refractivity contribution in [1.82, 2.24) is 30.0 Å². The summed E-state index contributed by atoms with van der Waals surface area (Å²) in [6.07, 6.45) is 0.493. The molecule has 7 nitrogen and oxygen atoms in total. The van der Waals surface area contributed by atoms with Gasteiger partial charge in [0.1, 0.15) is 0 Å². The van der Waals surface area contributed by atoms with Crippen LogP contribution in [-0.2, 0) is 17.8 Å². The Hall–Kier alpha value is -2.29. The summed E-state index contributed by atoms with van der Waals surface area (Å²) in [4.78, 5) is 17.8. The molecule has 27 heavy (non-hydrogen) atoms. The molecule has 140 valence electrons. The molecule has 9 heteroatoms. The van der Waals surface area contributed by atoms with E-state index in [9.17, 15) is 4.79 Å². The Kier molecular flexibility index (Phi) is 5.47. The van der Waals surface area contributed by atoms with E-state index in [4.69, 9.17) is 11.6 Å². The molecule has 0 aliphatic carbocycles. The largest absolute Gasteiger partial charge is 0.340 e. The van der Waals surface area contributed by atoms with Crippen molar-refractivity contribution >= 4 is 28.8 Å². The number of hydrogen-bond donors (Lipinski definition) is 0. The summed E-state index contributed by atoms with van der Waals surface area (Å²) in [7, 11) is 0. The summed E-state index contributed by atoms with van der Waals surface area (Å²) in [6, 6.07) is 11.4. The monoisotopic (exact) mass is 402 g/mol. The zero-order valence-electron chi connectivity index (χ0n) is 14.7. The molecule has 0 radical (unpaired) electrons. The van der Waals surface area contributed by atoms with Crippen molar-refractivity contribution in [2.75, 3.05) is 26.2 Å². The van der Waals surface area contributed by atoms with E-state index in [1.165, 1.54) is 0 Å². The number of carbonyl (C=O) groups excluding carboxylic acids is 1. The van der Waals surface area contributed by atoms with Gasteiger partial charge in [0.2, 0.25) is 5.91 Å². The highest BCUT2D eigenvalue weighted by molar-refractivity contribution is 7.10. The average Bonchev–Trinajstić information content (AvgIpc) is 3.35. The van der Waals surface area contributed by atoms with E-state index >= 15 is 0 Å². The van der Waals surface area contributed by atoms with E-state index in [0.717, 1.165) is 42.6 Å². The van der Waals surface area contributed by atoms with Crippen molar-refractivity contribution in [1.29, 1.82) is 0 Å². The van der Waals surface area contributed by atoms with E-state index in [2.05, 4.69) is 20.4 Å². The Bertz CT molecular complexity index is 887. The number of benzene rings is 1. The van der Waals surface area contributed by atoms with Gasteiger partial charge in [-0.1, -0.05) is 17.7 Å². The van der Waals surface area contributed by atoms with Gasteiger partial charge in [-0.3, -0.25) is 9.69 Å². The van der Waals surface area contributed by atoms with Gasteiger partial charge in [-0.05, 0) is 46.1 Å². The van der Waals surface area contributed by atoms with Gasteiger partial charge < -0.3 is 4.90 Å². The second-order valence-electron chi connectivity index (χ2n) is 6.40. The molecule has 3 aromatic rings. The van der Waals surface area contributed by atoms with E-state index < -0.39 is 0 Å². The summed E-state index contributed by atoms with van der Waals surface area (Å²) < 4.78 is 1.73. The lowest BCUT2D eigenvalue weighted by Crippen LogP contribution is -2.48. The van der Waals surface area contributed by atoms with Crippen LogP contribution < -0.4 is 0 Å². The molecule has 0 atom stereocenters. The van der Waals surface area contributed by atoms with Crippen LogP contribution in [0.25, 0.3) is 5.69 Å². The minimum atomic E-state index is 0.197. The van der Waals surface area contributed by atoms with Gasteiger partial charge in [-0.25, -0.2) is 0 Å². The molecule has 3 heterocycles. The second kappa shape index (κ2) is 8.16. The third-order valence-electron chi connectivity index (χ3n) is 4.60. The fourth-order valence-corrected chi connectivity index (χ4v) is 3.94. The second-order valence-corrected chi connectivity index (χ2v) is 7.87. The third-order valence-corrected chi connectivity index (χ3v) is 5.73. The lowest BCUT2D eigenvalue weighted by atomic mass is 10.2. The van der Waals surface area contributed by atoms with Crippen LogP contribution in [0.15, 0.2) is 41.8 Å². The first-order valence-electron chi connectivity index (χ1n) is 8.75. The highest BCUT2D eigenvalue weighted by Crippen LogP contribution is 2.16. The molecule has 1 aliphatic rings. The van der Waals surface area contributed by atoms with Crippen molar-refractivity contribution in [2.24, 2.45) is 0 Å². The van der Waals surface area contributed by atoms with Crippen molar-refractivity contribution < 1.29 is 4.79 Å². The molecule has 1 aromatic carbocycles. The van der Waals surface area contributed by atoms with Gasteiger partial charge in [0.15, 0.2) is 5.82 Å². The molecular formula is C18H19ClN6OS. The molecule has 1 fully saturated rings.